The molecule has 0 spiro atoms. The predicted molar refractivity (Wildman–Crippen MR) is 80.1 cm³/mol. The van der Waals surface area contributed by atoms with E-state index >= 15 is 0 Å². The molecule has 5 heteroatoms. The highest BCUT2D eigenvalue weighted by Crippen LogP contribution is 2.09. The molecule has 0 aliphatic carbocycles. The van der Waals surface area contributed by atoms with Crippen molar-refractivity contribution in [3.63, 3.8) is 0 Å². The van der Waals surface area contributed by atoms with E-state index in [0.29, 0.717) is 12.2 Å². The number of benzene rings is 1. The van der Waals surface area contributed by atoms with Gasteiger partial charge in [-0.2, -0.15) is 11.8 Å². The van der Waals surface area contributed by atoms with Gasteiger partial charge < -0.3 is 16.2 Å². The molecule has 1 aromatic carbocycles. The summed E-state index contributed by atoms with van der Waals surface area (Å²) in [5.41, 5.74) is 5.98. The van der Waals surface area contributed by atoms with E-state index < -0.39 is 11.6 Å². The Morgan fingerprint density at radius 1 is 1.47 bits per heavy atom. The number of carbonyl (C=O) groups excluding carboxylic acids is 1. The molecule has 1 unspecified atom stereocenters. The summed E-state index contributed by atoms with van der Waals surface area (Å²) in [7, 11) is 0. The fraction of sp³-hybridized carbons (Fsp3) is 0.500. The maximum atomic E-state index is 11.8. The Morgan fingerprint density at radius 2 is 2.11 bits per heavy atom. The molecule has 0 aliphatic rings. The van der Waals surface area contributed by atoms with Crippen molar-refractivity contribution in [2.24, 2.45) is 5.73 Å². The summed E-state index contributed by atoms with van der Waals surface area (Å²) in [4.78, 5) is 11.8. The number of aliphatic hydroxyl groups is 1. The third-order valence-corrected chi connectivity index (χ3v) is 3.64. The highest BCUT2D eigenvalue weighted by atomic mass is 32.2. The van der Waals surface area contributed by atoms with E-state index in [-0.39, 0.29) is 12.5 Å². The van der Waals surface area contributed by atoms with Crippen LogP contribution in [0.4, 0.5) is 0 Å². The van der Waals surface area contributed by atoms with Crippen molar-refractivity contribution in [3.05, 3.63) is 35.9 Å². The van der Waals surface area contributed by atoms with Gasteiger partial charge in [0.15, 0.2) is 0 Å². The second-order valence-electron chi connectivity index (χ2n) is 4.94. The zero-order chi connectivity index (χ0) is 14.3. The van der Waals surface area contributed by atoms with Gasteiger partial charge in [0.05, 0.1) is 11.6 Å². The third-order valence-electron chi connectivity index (χ3n) is 2.73. The second-order valence-corrected chi connectivity index (χ2v) is 5.81. The van der Waals surface area contributed by atoms with E-state index in [0.717, 1.165) is 5.56 Å². The maximum absolute atomic E-state index is 11.8. The first-order valence-corrected chi connectivity index (χ1v) is 7.62. The van der Waals surface area contributed by atoms with E-state index in [4.69, 9.17) is 5.73 Å². The lowest BCUT2D eigenvalue weighted by Gasteiger charge is -2.23. The SMILES string of the molecule is CSCC(C)(O)CNC(=O)[C@@H](N)Cc1ccccc1. The maximum Gasteiger partial charge on any atom is 0.237 e. The molecule has 106 valence electrons. The molecule has 1 amide bonds. The van der Waals surface area contributed by atoms with Gasteiger partial charge in [-0.1, -0.05) is 30.3 Å². The lowest BCUT2D eigenvalue weighted by Crippen LogP contribution is -2.48. The van der Waals surface area contributed by atoms with Gasteiger partial charge >= 0.3 is 0 Å². The Morgan fingerprint density at radius 3 is 2.68 bits per heavy atom. The summed E-state index contributed by atoms with van der Waals surface area (Å²) >= 11 is 1.54. The number of amides is 1. The normalized spacial score (nSPS) is 15.6. The second kappa shape index (κ2) is 7.53. The van der Waals surface area contributed by atoms with Crippen molar-refractivity contribution in [2.75, 3.05) is 18.6 Å². The van der Waals surface area contributed by atoms with Crippen LogP contribution in [-0.2, 0) is 11.2 Å². The number of nitrogens with one attached hydrogen (secondary N) is 1. The van der Waals surface area contributed by atoms with E-state index in [2.05, 4.69) is 5.32 Å². The van der Waals surface area contributed by atoms with E-state index in [1.165, 1.54) is 11.8 Å². The first-order chi connectivity index (χ1) is 8.94. The zero-order valence-electron chi connectivity index (χ0n) is 11.4. The van der Waals surface area contributed by atoms with Crippen molar-refractivity contribution in [1.29, 1.82) is 0 Å². The molecule has 2 atom stereocenters. The number of nitrogens with two attached hydrogens (primary N) is 1. The smallest absolute Gasteiger partial charge is 0.237 e. The number of hydrogen-bond donors (Lipinski definition) is 3. The van der Waals surface area contributed by atoms with Crippen LogP contribution in [0.15, 0.2) is 30.3 Å². The fourth-order valence-electron chi connectivity index (χ4n) is 1.73. The Kier molecular flexibility index (Phi) is 6.34. The quantitative estimate of drug-likeness (QED) is 0.691. The van der Waals surface area contributed by atoms with Crippen molar-refractivity contribution in [3.8, 4) is 0 Å². The summed E-state index contributed by atoms with van der Waals surface area (Å²) in [6.07, 6.45) is 2.41. The Labute approximate surface area is 118 Å². The van der Waals surface area contributed by atoms with Crippen LogP contribution in [-0.4, -0.2) is 41.2 Å². The number of hydrogen-bond acceptors (Lipinski definition) is 4. The molecule has 0 aromatic heterocycles. The molecule has 0 fully saturated rings. The molecule has 0 bridgehead atoms. The minimum Gasteiger partial charge on any atom is -0.387 e. The number of carbonyl (C=O) groups is 1. The van der Waals surface area contributed by atoms with Gasteiger partial charge in [-0.25, -0.2) is 0 Å². The van der Waals surface area contributed by atoms with Crippen LogP contribution in [0.25, 0.3) is 0 Å². The largest absolute Gasteiger partial charge is 0.387 e. The fourth-order valence-corrected chi connectivity index (χ4v) is 2.46. The topological polar surface area (TPSA) is 75.3 Å². The highest BCUT2D eigenvalue weighted by molar-refractivity contribution is 7.98. The van der Waals surface area contributed by atoms with E-state index in [1.54, 1.807) is 6.92 Å². The summed E-state index contributed by atoms with van der Waals surface area (Å²) in [6, 6.07) is 9.06. The lowest BCUT2D eigenvalue weighted by atomic mass is 10.1. The number of thioether (sulfide) groups is 1. The van der Waals surface area contributed by atoms with E-state index in [1.807, 2.05) is 36.6 Å². The average molecular weight is 282 g/mol. The molecular weight excluding hydrogens is 260 g/mol. The van der Waals surface area contributed by atoms with Crippen LogP contribution < -0.4 is 11.1 Å². The first-order valence-electron chi connectivity index (χ1n) is 6.23. The molecule has 0 saturated heterocycles. The summed E-state index contributed by atoms with van der Waals surface area (Å²) in [5, 5.41) is 12.7. The van der Waals surface area contributed by atoms with Gasteiger partial charge in [-0.15, -0.1) is 0 Å². The Bertz CT molecular complexity index is 396. The van der Waals surface area contributed by atoms with Gasteiger partial charge in [0, 0.05) is 12.3 Å². The molecule has 0 heterocycles. The predicted octanol–water partition coefficient (Wildman–Crippen LogP) is 0.787. The van der Waals surface area contributed by atoms with Gasteiger partial charge in [0.25, 0.3) is 0 Å². The van der Waals surface area contributed by atoms with Gasteiger partial charge in [0.2, 0.25) is 5.91 Å². The minimum absolute atomic E-state index is 0.217. The van der Waals surface area contributed by atoms with Crippen LogP contribution in [0.3, 0.4) is 0 Å². The van der Waals surface area contributed by atoms with Gasteiger partial charge in [0.1, 0.15) is 0 Å². The Hall–Kier alpha value is -1.04. The molecular formula is C14H22N2O2S. The molecule has 4 nitrogen and oxygen atoms in total. The van der Waals surface area contributed by atoms with Crippen LogP contribution in [0.1, 0.15) is 12.5 Å². The highest BCUT2D eigenvalue weighted by Gasteiger charge is 2.22. The van der Waals surface area contributed by atoms with Crippen LogP contribution in [0.2, 0.25) is 0 Å². The van der Waals surface area contributed by atoms with Crippen molar-refractivity contribution in [1.82, 2.24) is 5.32 Å². The molecule has 19 heavy (non-hydrogen) atoms. The standard InChI is InChI=1S/C14H22N2O2S/c1-14(18,10-19-2)9-16-13(17)12(15)8-11-6-4-3-5-7-11/h3-7,12,18H,8-10,15H2,1-2H3,(H,16,17)/t12-,14?/m0/s1. The van der Waals surface area contributed by atoms with Gasteiger partial charge in [-0.05, 0) is 25.2 Å². The van der Waals surface area contributed by atoms with Crippen molar-refractivity contribution < 1.29 is 9.90 Å². The van der Waals surface area contributed by atoms with Gasteiger partial charge in [-0.3, -0.25) is 4.79 Å². The Balaban J connectivity index is 2.41. The van der Waals surface area contributed by atoms with Crippen molar-refractivity contribution >= 4 is 17.7 Å². The lowest BCUT2D eigenvalue weighted by molar-refractivity contribution is -0.123. The van der Waals surface area contributed by atoms with E-state index in [9.17, 15) is 9.90 Å². The summed E-state index contributed by atoms with van der Waals surface area (Å²) in [5.74, 6) is 0.339. The molecule has 0 radical (unpaired) electrons. The van der Waals surface area contributed by atoms with Crippen molar-refractivity contribution in [2.45, 2.75) is 25.0 Å². The third kappa shape index (κ3) is 6.09. The van der Waals surface area contributed by atoms with Crippen LogP contribution in [0.5, 0.6) is 0 Å². The molecule has 1 rings (SSSR count). The minimum atomic E-state index is -0.901. The summed E-state index contributed by atoms with van der Waals surface area (Å²) in [6.45, 7) is 1.92. The summed E-state index contributed by atoms with van der Waals surface area (Å²) < 4.78 is 0. The number of rotatable bonds is 7. The van der Waals surface area contributed by atoms with Crippen LogP contribution >= 0.6 is 11.8 Å². The molecule has 0 saturated carbocycles. The zero-order valence-corrected chi connectivity index (χ0v) is 12.2. The first kappa shape index (κ1) is 16.0. The molecule has 4 N–H and O–H groups in total. The average Bonchev–Trinajstić information content (AvgIpc) is 2.37. The molecule has 1 aromatic rings. The molecule has 0 aliphatic heterocycles. The monoisotopic (exact) mass is 282 g/mol. The van der Waals surface area contributed by atoms with Crippen LogP contribution in [0, 0.1) is 0 Å².